The first-order chi connectivity index (χ1) is 12.6. The van der Waals surface area contributed by atoms with Crippen molar-refractivity contribution >= 4 is 17.7 Å². The Morgan fingerprint density at radius 2 is 1.88 bits per heavy atom. The number of rotatable bonds is 6. The fourth-order valence-corrected chi connectivity index (χ4v) is 2.52. The molecule has 0 unspecified atom stereocenters. The topological polar surface area (TPSA) is 85.4 Å². The Labute approximate surface area is 149 Å². The average Bonchev–Trinajstić information content (AvgIpc) is 3.20. The van der Waals surface area contributed by atoms with Gasteiger partial charge in [0.25, 0.3) is 5.69 Å². The molecule has 26 heavy (non-hydrogen) atoms. The lowest BCUT2D eigenvalue weighted by Gasteiger charge is -2.16. The summed E-state index contributed by atoms with van der Waals surface area (Å²) in [5.74, 6) is 0.287. The summed E-state index contributed by atoms with van der Waals surface area (Å²) in [6.45, 7) is 0. The van der Waals surface area contributed by atoms with E-state index in [1.165, 1.54) is 24.3 Å². The summed E-state index contributed by atoms with van der Waals surface area (Å²) in [4.78, 5) is 22.7. The summed E-state index contributed by atoms with van der Waals surface area (Å²) in [7, 11) is 0. The second kappa shape index (κ2) is 7.94. The van der Waals surface area contributed by atoms with E-state index >= 15 is 0 Å². The molecule has 0 saturated heterocycles. The van der Waals surface area contributed by atoms with Gasteiger partial charge in [-0.15, -0.1) is 0 Å². The lowest BCUT2D eigenvalue weighted by atomic mass is 10.0. The maximum atomic E-state index is 12.3. The Hall–Kier alpha value is -3.67. The number of nitrogens with zero attached hydrogens (tertiary/aromatic N) is 1. The monoisotopic (exact) mass is 348 g/mol. The molecular formula is C20H16N2O4. The van der Waals surface area contributed by atoms with E-state index in [-0.39, 0.29) is 11.6 Å². The Morgan fingerprint density at radius 1 is 1.08 bits per heavy atom. The van der Waals surface area contributed by atoms with Gasteiger partial charge >= 0.3 is 0 Å². The molecule has 0 spiro atoms. The van der Waals surface area contributed by atoms with Crippen LogP contribution in [0.1, 0.15) is 22.9 Å². The number of non-ortho nitro benzene ring substituents is 1. The number of amides is 1. The van der Waals surface area contributed by atoms with Crippen LogP contribution in [0.2, 0.25) is 0 Å². The third-order valence-electron chi connectivity index (χ3n) is 3.76. The summed E-state index contributed by atoms with van der Waals surface area (Å²) in [5.41, 5.74) is 1.44. The maximum Gasteiger partial charge on any atom is 0.270 e. The number of carbonyl (C=O) groups excluding carboxylic acids is 1. The van der Waals surface area contributed by atoms with Crippen LogP contribution in [-0.2, 0) is 4.79 Å². The summed E-state index contributed by atoms with van der Waals surface area (Å²) < 4.78 is 5.44. The second-order valence-corrected chi connectivity index (χ2v) is 5.55. The van der Waals surface area contributed by atoms with Gasteiger partial charge in [0.05, 0.1) is 11.2 Å². The van der Waals surface area contributed by atoms with Gasteiger partial charge in [0.2, 0.25) is 5.91 Å². The summed E-state index contributed by atoms with van der Waals surface area (Å²) in [6.07, 6.45) is 4.43. The first kappa shape index (κ1) is 17.2. The van der Waals surface area contributed by atoms with E-state index in [0.29, 0.717) is 11.3 Å². The number of hydrogen-bond donors (Lipinski definition) is 1. The molecule has 6 heteroatoms. The van der Waals surface area contributed by atoms with E-state index in [1.54, 1.807) is 30.5 Å². The molecule has 1 amide bonds. The van der Waals surface area contributed by atoms with Crippen molar-refractivity contribution in [2.45, 2.75) is 6.04 Å². The Morgan fingerprint density at radius 3 is 2.58 bits per heavy atom. The Kier molecular flexibility index (Phi) is 5.24. The van der Waals surface area contributed by atoms with Gasteiger partial charge in [-0.1, -0.05) is 42.5 Å². The minimum absolute atomic E-state index is 0.0229. The zero-order valence-electron chi connectivity index (χ0n) is 13.7. The minimum Gasteiger partial charge on any atom is -0.467 e. The molecule has 0 bridgehead atoms. The number of nitrogens with one attached hydrogen (secondary N) is 1. The molecule has 0 fully saturated rings. The molecule has 1 aromatic heterocycles. The van der Waals surface area contributed by atoms with Crippen LogP contribution in [0.3, 0.4) is 0 Å². The molecule has 1 atom stereocenters. The summed E-state index contributed by atoms with van der Waals surface area (Å²) >= 11 is 0. The zero-order chi connectivity index (χ0) is 18.4. The van der Waals surface area contributed by atoms with Gasteiger partial charge < -0.3 is 9.73 Å². The van der Waals surface area contributed by atoms with Gasteiger partial charge in [-0.3, -0.25) is 14.9 Å². The van der Waals surface area contributed by atoms with E-state index in [0.717, 1.165) is 5.56 Å². The summed E-state index contributed by atoms with van der Waals surface area (Å²) in [5, 5.41) is 13.7. The molecule has 3 rings (SSSR count). The van der Waals surface area contributed by atoms with E-state index in [4.69, 9.17) is 4.42 Å². The molecule has 3 aromatic rings. The highest BCUT2D eigenvalue weighted by molar-refractivity contribution is 5.92. The van der Waals surface area contributed by atoms with Crippen molar-refractivity contribution in [1.82, 2.24) is 5.32 Å². The van der Waals surface area contributed by atoms with Gasteiger partial charge in [0.1, 0.15) is 11.8 Å². The molecular weight excluding hydrogens is 332 g/mol. The SMILES string of the molecule is O=C(/C=C/c1cccc([N+](=O)[O-])c1)N[C@H](c1ccccc1)c1ccco1. The van der Waals surface area contributed by atoms with E-state index in [9.17, 15) is 14.9 Å². The van der Waals surface area contributed by atoms with Crippen molar-refractivity contribution < 1.29 is 14.1 Å². The van der Waals surface area contributed by atoms with E-state index in [1.807, 2.05) is 30.3 Å². The number of benzene rings is 2. The molecule has 2 aromatic carbocycles. The molecule has 1 N–H and O–H groups in total. The highest BCUT2D eigenvalue weighted by atomic mass is 16.6. The van der Waals surface area contributed by atoms with Crippen LogP contribution in [0.5, 0.6) is 0 Å². The highest BCUT2D eigenvalue weighted by Gasteiger charge is 2.18. The number of hydrogen-bond acceptors (Lipinski definition) is 4. The second-order valence-electron chi connectivity index (χ2n) is 5.55. The van der Waals surface area contributed by atoms with E-state index in [2.05, 4.69) is 5.32 Å². The Balaban J connectivity index is 1.76. The first-order valence-electron chi connectivity index (χ1n) is 7.95. The molecule has 0 aliphatic rings. The lowest BCUT2D eigenvalue weighted by Crippen LogP contribution is -2.27. The van der Waals surface area contributed by atoms with Crippen LogP contribution in [0.4, 0.5) is 5.69 Å². The first-order valence-corrected chi connectivity index (χ1v) is 7.95. The largest absolute Gasteiger partial charge is 0.467 e. The standard InChI is InChI=1S/C20H16N2O4/c23-19(12-11-15-6-4-9-17(14-15)22(24)25)21-20(18-10-5-13-26-18)16-7-2-1-3-8-16/h1-14,20H,(H,21,23)/b12-11+/t20-/m1/s1. The fraction of sp³-hybridized carbons (Fsp3) is 0.0500. The van der Waals surface area contributed by atoms with Gasteiger partial charge in [-0.05, 0) is 29.3 Å². The van der Waals surface area contributed by atoms with Crippen molar-refractivity contribution in [3.05, 3.63) is 106 Å². The molecule has 1 heterocycles. The number of carbonyl (C=O) groups is 1. The van der Waals surface area contributed by atoms with Gasteiger partial charge in [-0.2, -0.15) is 0 Å². The summed E-state index contributed by atoms with van der Waals surface area (Å²) in [6, 6.07) is 18.7. The van der Waals surface area contributed by atoms with Gasteiger partial charge in [0, 0.05) is 18.2 Å². The van der Waals surface area contributed by atoms with Crippen molar-refractivity contribution in [3.8, 4) is 0 Å². The molecule has 130 valence electrons. The highest BCUT2D eigenvalue weighted by Crippen LogP contribution is 2.22. The van der Waals surface area contributed by atoms with Crippen molar-refractivity contribution in [3.63, 3.8) is 0 Å². The van der Waals surface area contributed by atoms with Crippen LogP contribution in [0, 0.1) is 10.1 Å². The number of nitro benzene ring substituents is 1. The number of furan rings is 1. The molecule has 6 nitrogen and oxygen atoms in total. The minimum atomic E-state index is -0.472. The average molecular weight is 348 g/mol. The maximum absolute atomic E-state index is 12.3. The van der Waals surface area contributed by atoms with Crippen LogP contribution < -0.4 is 5.32 Å². The molecule has 0 saturated carbocycles. The third kappa shape index (κ3) is 4.24. The third-order valence-corrected chi connectivity index (χ3v) is 3.76. The predicted molar refractivity (Wildman–Crippen MR) is 97.3 cm³/mol. The van der Waals surface area contributed by atoms with Crippen LogP contribution >= 0.6 is 0 Å². The van der Waals surface area contributed by atoms with Gasteiger partial charge in [0.15, 0.2) is 0 Å². The van der Waals surface area contributed by atoms with Crippen LogP contribution in [0.25, 0.3) is 6.08 Å². The smallest absolute Gasteiger partial charge is 0.270 e. The van der Waals surface area contributed by atoms with E-state index < -0.39 is 11.0 Å². The molecule has 0 aliphatic carbocycles. The predicted octanol–water partition coefficient (Wildman–Crippen LogP) is 4.11. The lowest BCUT2D eigenvalue weighted by molar-refractivity contribution is -0.384. The fourth-order valence-electron chi connectivity index (χ4n) is 2.52. The van der Waals surface area contributed by atoms with Crippen molar-refractivity contribution in [2.75, 3.05) is 0 Å². The molecule has 0 aliphatic heterocycles. The van der Waals surface area contributed by atoms with Crippen molar-refractivity contribution in [2.24, 2.45) is 0 Å². The Bertz CT molecular complexity index is 918. The molecule has 0 radical (unpaired) electrons. The van der Waals surface area contributed by atoms with Gasteiger partial charge in [-0.25, -0.2) is 0 Å². The number of nitro groups is 1. The zero-order valence-corrected chi connectivity index (χ0v) is 13.7. The quantitative estimate of drug-likeness (QED) is 0.413. The normalized spacial score (nSPS) is 12.0. The van der Waals surface area contributed by atoms with Crippen LogP contribution in [0.15, 0.2) is 83.5 Å². The van der Waals surface area contributed by atoms with Crippen LogP contribution in [-0.4, -0.2) is 10.8 Å². The van der Waals surface area contributed by atoms with Crippen molar-refractivity contribution in [1.29, 1.82) is 0 Å².